The molecule has 0 radical (unpaired) electrons. The van der Waals surface area contributed by atoms with Crippen LogP contribution in [0, 0.1) is 0 Å². The van der Waals surface area contributed by atoms with Crippen molar-refractivity contribution >= 4 is 56.6 Å². The van der Waals surface area contributed by atoms with Crippen molar-refractivity contribution in [3.05, 3.63) is 28.7 Å². The number of halogens is 1. The van der Waals surface area contributed by atoms with Gasteiger partial charge in [-0.3, -0.25) is 0 Å². The Bertz CT molecular complexity index is 267. The van der Waals surface area contributed by atoms with Crippen molar-refractivity contribution in [2.45, 2.75) is 4.90 Å². The molecule has 1 rings (SSSR count). The Kier molecular flexibility index (Phi) is 5.86. The molecule has 0 saturated carbocycles. The Morgan fingerprint density at radius 1 is 1.45 bits per heavy atom. The molecule has 11 heavy (non-hydrogen) atoms. The van der Waals surface area contributed by atoms with E-state index in [1.165, 1.54) is 0 Å². The fourth-order valence-corrected chi connectivity index (χ4v) is 1.55. The predicted octanol–water partition coefficient (Wildman–Crippen LogP) is 1.38. The van der Waals surface area contributed by atoms with Crippen LogP contribution in [0.2, 0.25) is 0 Å². The maximum absolute atomic E-state index is 10.4. The second-order valence-corrected chi connectivity index (χ2v) is 3.59. The van der Waals surface area contributed by atoms with Crippen molar-refractivity contribution < 1.29 is 8.76 Å². The molecule has 56 valence electrons. The summed E-state index contributed by atoms with van der Waals surface area (Å²) in [6.45, 7) is 0. The monoisotopic (exact) mass is 244 g/mol. The Labute approximate surface area is 98.1 Å². The predicted molar refractivity (Wildman–Crippen MR) is 50.3 cm³/mol. The van der Waals surface area contributed by atoms with E-state index in [9.17, 15) is 4.21 Å². The fraction of sp³-hybridized carbons (Fsp3) is 0. The van der Waals surface area contributed by atoms with Crippen LogP contribution in [-0.4, -0.2) is 38.3 Å². The Hall–Kier alpha value is 0.810. The minimum absolute atomic E-state index is 0. The van der Waals surface area contributed by atoms with Crippen LogP contribution in [0.15, 0.2) is 33.6 Å². The molecule has 0 aliphatic heterocycles. The first-order valence-electron chi connectivity index (χ1n) is 2.56. The van der Waals surface area contributed by atoms with E-state index in [4.69, 9.17) is 4.55 Å². The first-order valence-corrected chi connectivity index (χ1v) is 4.46. The fourth-order valence-electron chi connectivity index (χ4n) is 0.576. The normalized spacial score (nSPS) is 11.8. The van der Waals surface area contributed by atoms with Gasteiger partial charge in [-0.05, 0) is 18.2 Å². The van der Waals surface area contributed by atoms with E-state index in [0.717, 1.165) is 4.47 Å². The second kappa shape index (κ2) is 5.45. The molecule has 0 aliphatic rings. The summed E-state index contributed by atoms with van der Waals surface area (Å²) >= 11 is 1.32. The molecule has 1 atom stereocenters. The van der Waals surface area contributed by atoms with Gasteiger partial charge < -0.3 is 4.55 Å². The molecular weight excluding hydrogens is 239 g/mol. The summed E-state index contributed by atoms with van der Waals surface area (Å²) in [5.41, 5.74) is 0. The van der Waals surface area contributed by atoms with Gasteiger partial charge in [0.2, 0.25) is 0 Å². The summed E-state index contributed by atoms with van der Waals surface area (Å²) in [4.78, 5) is 0.411. The minimum atomic E-state index is -1.87. The summed E-state index contributed by atoms with van der Waals surface area (Å²) in [5.74, 6) is 0. The van der Waals surface area contributed by atoms with Crippen LogP contribution in [0.1, 0.15) is 0 Å². The molecule has 0 saturated heterocycles. The topological polar surface area (TPSA) is 37.3 Å². The van der Waals surface area contributed by atoms with Crippen molar-refractivity contribution in [2.24, 2.45) is 0 Å². The average Bonchev–Trinajstić information content (AvgIpc) is 1.88. The molecule has 0 heterocycles. The molecule has 0 aliphatic carbocycles. The van der Waals surface area contributed by atoms with Crippen LogP contribution < -0.4 is 0 Å². The maximum atomic E-state index is 10.4. The molecule has 5 heteroatoms. The first-order chi connectivity index (χ1) is 4.70. The summed E-state index contributed by atoms with van der Waals surface area (Å²) in [6, 6.07) is 6.72. The quantitative estimate of drug-likeness (QED) is 0.599. The molecule has 0 amide bonds. The van der Waals surface area contributed by atoms with E-state index in [1.807, 2.05) is 0 Å². The Morgan fingerprint density at radius 3 is 2.45 bits per heavy atom. The summed E-state index contributed by atoms with van der Waals surface area (Å²) in [5, 5.41) is 0. The van der Waals surface area contributed by atoms with E-state index in [0.29, 0.717) is 4.90 Å². The van der Waals surface area contributed by atoms with Crippen LogP contribution in [-0.2, 0) is 11.1 Å². The van der Waals surface area contributed by atoms with Crippen molar-refractivity contribution in [2.75, 3.05) is 0 Å². The van der Waals surface area contributed by atoms with Gasteiger partial charge in [-0.15, -0.1) is 0 Å². The SMILES string of the molecule is O=S(O)c1cccc(Br)c1.[NaH]. The first kappa shape index (κ1) is 11.8. The standard InChI is InChI=1S/C6H5BrO2S.Na.H/c7-5-2-1-3-6(4-5)10(8)9;;/h1-4H,(H,8,9);;. The molecular formula is C6H6BrNaO2S. The van der Waals surface area contributed by atoms with Gasteiger partial charge in [-0.2, -0.15) is 0 Å². The third kappa shape index (κ3) is 3.83. The molecule has 0 aromatic heterocycles. The molecule has 0 spiro atoms. The Balaban J connectivity index is 0.000001000. The number of benzene rings is 1. The van der Waals surface area contributed by atoms with Gasteiger partial charge >= 0.3 is 29.6 Å². The van der Waals surface area contributed by atoms with E-state index >= 15 is 0 Å². The number of hydrogen-bond acceptors (Lipinski definition) is 1. The summed E-state index contributed by atoms with van der Waals surface area (Å²) in [6.07, 6.45) is 0. The van der Waals surface area contributed by atoms with Crippen LogP contribution in [0.5, 0.6) is 0 Å². The van der Waals surface area contributed by atoms with Crippen LogP contribution >= 0.6 is 15.9 Å². The van der Waals surface area contributed by atoms with Gasteiger partial charge in [0.15, 0.2) is 11.1 Å². The van der Waals surface area contributed by atoms with Gasteiger partial charge in [0.1, 0.15) is 0 Å². The third-order valence-electron chi connectivity index (χ3n) is 0.998. The van der Waals surface area contributed by atoms with E-state index in [1.54, 1.807) is 24.3 Å². The van der Waals surface area contributed by atoms with Crippen molar-refractivity contribution in [3.8, 4) is 0 Å². The number of rotatable bonds is 1. The van der Waals surface area contributed by atoms with Crippen molar-refractivity contribution in [1.29, 1.82) is 0 Å². The van der Waals surface area contributed by atoms with Crippen LogP contribution in [0.4, 0.5) is 0 Å². The molecule has 1 N–H and O–H groups in total. The zero-order chi connectivity index (χ0) is 7.56. The summed E-state index contributed by atoms with van der Waals surface area (Å²) < 4.78 is 19.9. The molecule has 0 bridgehead atoms. The van der Waals surface area contributed by atoms with Gasteiger partial charge in [0.25, 0.3) is 0 Å². The second-order valence-electron chi connectivity index (χ2n) is 1.71. The third-order valence-corrected chi connectivity index (χ3v) is 2.15. The van der Waals surface area contributed by atoms with E-state index < -0.39 is 11.1 Å². The molecule has 2 nitrogen and oxygen atoms in total. The van der Waals surface area contributed by atoms with E-state index in [-0.39, 0.29) is 29.6 Å². The Morgan fingerprint density at radius 2 is 2.09 bits per heavy atom. The van der Waals surface area contributed by atoms with Crippen molar-refractivity contribution in [3.63, 3.8) is 0 Å². The summed E-state index contributed by atoms with van der Waals surface area (Å²) in [7, 11) is 0. The zero-order valence-electron chi connectivity index (χ0n) is 4.95. The molecule has 1 aromatic carbocycles. The van der Waals surface area contributed by atoms with Gasteiger partial charge in [0.05, 0.1) is 4.90 Å². The van der Waals surface area contributed by atoms with E-state index in [2.05, 4.69) is 15.9 Å². The van der Waals surface area contributed by atoms with Crippen molar-refractivity contribution in [1.82, 2.24) is 0 Å². The molecule has 1 aromatic rings. The van der Waals surface area contributed by atoms with Gasteiger partial charge in [-0.1, -0.05) is 22.0 Å². The van der Waals surface area contributed by atoms with Gasteiger partial charge in [-0.25, -0.2) is 4.21 Å². The number of hydrogen-bond donors (Lipinski definition) is 1. The molecule has 0 fully saturated rings. The van der Waals surface area contributed by atoms with Crippen LogP contribution in [0.3, 0.4) is 0 Å². The zero-order valence-corrected chi connectivity index (χ0v) is 7.35. The average molecular weight is 245 g/mol. The van der Waals surface area contributed by atoms with Gasteiger partial charge in [0, 0.05) is 4.47 Å². The van der Waals surface area contributed by atoms with Crippen LogP contribution in [0.25, 0.3) is 0 Å². The molecule has 1 unspecified atom stereocenters.